The van der Waals surface area contributed by atoms with Crippen LogP contribution >= 0.6 is 0 Å². The summed E-state index contributed by atoms with van der Waals surface area (Å²) in [5.74, 6) is 0. The Morgan fingerprint density at radius 2 is 2.00 bits per heavy atom. The first-order valence-corrected chi connectivity index (χ1v) is 3.20. The van der Waals surface area contributed by atoms with E-state index in [4.69, 9.17) is 28.1 Å². The van der Waals surface area contributed by atoms with Gasteiger partial charge in [-0.05, 0) is 0 Å². The van der Waals surface area contributed by atoms with Crippen molar-refractivity contribution in [2.75, 3.05) is 6.61 Å². The molecule has 6 heteroatoms. The summed E-state index contributed by atoms with van der Waals surface area (Å²) in [4.78, 5) is 3.74. The maximum atomic E-state index is 9.11. The lowest BCUT2D eigenvalue weighted by atomic mass is 9.93. The Hall–Kier alpha value is -0.135. The maximum Gasteiger partial charge on any atom is 0.112 e. The van der Waals surface area contributed by atoms with Gasteiger partial charge in [-0.25, -0.2) is 4.89 Å². The van der Waals surface area contributed by atoms with E-state index < -0.39 is 24.3 Å². The van der Waals surface area contributed by atoms with Crippen LogP contribution in [0.5, 0.6) is 0 Å². The van der Waals surface area contributed by atoms with Gasteiger partial charge in [-0.2, -0.15) is 0 Å². The number of rotatable bonds is 2. The smallest absolute Gasteiger partial charge is 0.112 e. The summed E-state index contributed by atoms with van der Waals surface area (Å²) in [7, 11) is 5.22. The van der Waals surface area contributed by atoms with Gasteiger partial charge in [-0.3, -0.25) is 5.26 Å². The standard InChI is InChI=1S/C5H9BO5/c6-5-4(8)3(7)2(11-5)1-10-9/h2-5,7-9H,1H2. The SMILES string of the molecule is [B]C1OC(COO)C(O)C1O. The molecule has 2 radical (unpaired) electrons. The third-order valence-electron chi connectivity index (χ3n) is 1.64. The maximum absolute atomic E-state index is 9.11. The van der Waals surface area contributed by atoms with E-state index >= 15 is 0 Å². The molecule has 3 N–H and O–H groups in total. The fourth-order valence-corrected chi connectivity index (χ4v) is 0.988. The summed E-state index contributed by atoms with van der Waals surface area (Å²) in [6.07, 6.45) is -2.97. The molecule has 0 aromatic carbocycles. The molecule has 62 valence electrons. The van der Waals surface area contributed by atoms with Crippen molar-refractivity contribution in [3.05, 3.63) is 0 Å². The van der Waals surface area contributed by atoms with E-state index in [0.717, 1.165) is 0 Å². The number of hydrogen-bond acceptors (Lipinski definition) is 5. The van der Waals surface area contributed by atoms with Gasteiger partial charge >= 0.3 is 0 Å². The lowest BCUT2D eigenvalue weighted by Crippen LogP contribution is -2.34. The largest absolute Gasteiger partial charge is 0.388 e. The summed E-state index contributed by atoms with van der Waals surface area (Å²) in [5, 5.41) is 26.1. The van der Waals surface area contributed by atoms with Crippen LogP contribution in [0.25, 0.3) is 0 Å². The highest BCUT2D eigenvalue weighted by atomic mass is 17.1. The highest BCUT2D eigenvalue weighted by Gasteiger charge is 2.39. The molecule has 1 aliphatic heterocycles. The van der Waals surface area contributed by atoms with Gasteiger partial charge in [-0.1, -0.05) is 0 Å². The van der Waals surface area contributed by atoms with Gasteiger partial charge < -0.3 is 14.9 Å². The minimum absolute atomic E-state index is 0.202. The summed E-state index contributed by atoms with van der Waals surface area (Å²) in [6.45, 7) is -0.202. The fourth-order valence-electron chi connectivity index (χ4n) is 0.988. The van der Waals surface area contributed by atoms with Gasteiger partial charge in [0.05, 0.1) is 6.10 Å². The molecule has 0 amide bonds. The van der Waals surface area contributed by atoms with Crippen molar-refractivity contribution in [3.63, 3.8) is 0 Å². The molecule has 0 saturated carbocycles. The Labute approximate surface area is 64.9 Å². The molecule has 11 heavy (non-hydrogen) atoms. The van der Waals surface area contributed by atoms with Gasteiger partial charge in [0.25, 0.3) is 0 Å². The van der Waals surface area contributed by atoms with Crippen molar-refractivity contribution in [2.24, 2.45) is 0 Å². The number of hydrogen-bond donors (Lipinski definition) is 3. The Morgan fingerprint density at radius 1 is 1.36 bits per heavy atom. The first-order chi connectivity index (χ1) is 5.16. The van der Waals surface area contributed by atoms with E-state index in [1.54, 1.807) is 0 Å². The van der Waals surface area contributed by atoms with Crippen LogP contribution < -0.4 is 0 Å². The molecule has 5 nitrogen and oxygen atoms in total. The van der Waals surface area contributed by atoms with Crippen LogP contribution in [0.3, 0.4) is 0 Å². The van der Waals surface area contributed by atoms with Gasteiger partial charge in [0.15, 0.2) is 0 Å². The molecule has 4 unspecified atom stereocenters. The molecule has 1 fully saturated rings. The van der Waals surface area contributed by atoms with Crippen molar-refractivity contribution in [2.45, 2.75) is 24.3 Å². The second kappa shape index (κ2) is 3.51. The zero-order valence-electron chi connectivity index (χ0n) is 5.75. The van der Waals surface area contributed by atoms with E-state index in [2.05, 4.69) is 4.89 Å². The predicted molar refractivity (Wildman–Crippen MR) is 35.0 cm³/mol. The summed E-state index contributed by atoms with van der Waals surface area (Å²) < 4.78 is 4.82. The Morgan fingerprint density at radius 3 is 2.36 bits per heavy atom. The quantitative estimate of drug-likeness (QED) is 0.249. The van der Waals surface area contributed by atoms with Crippen LogP contribution in [0.4, 0.5) is 0 Å². The van der Waals surface area contributed by atoms with Crippen LogP contribution in [-0.4, -0.2) is 54.2 Å². The number of ether oxygens (including phenoxy) is 1. The summed E-state index contributed by atoms with van der Waals surface area (Å²) >= 11 is 0. The summed E-state index contributed by atoms with van der Waals surface area (Å²) in [5.41, 5.74) is 0. The fraction of sp³-hybridized carbons (Fsp3) is 1.00. The lowest BCUT2D eigenvalue weighted by molar-refractivity contribution is -0.262. The van der Waals surface area contributed by atoms with Gasteiger partial charge in [0.2, 0.25) is 0 Å². The van der Waals surface area contributed by atoms with E-state index in [-0.39, 0.29) is 6.61 Å². The van der Waals surface area contributed by atoms with Crippen molar-refractivity contribution >= 4 is 7.85 Å². The first kappa shape index (κ1) is 8.96. The molecule has 0 aromatic heterocycles. The number of aliphatic hydroxyl groups is 2. The zero-order chi connectivity index (χ0) is 8.43. The Bertz CT molecular complexity index is 132. The summed E-state index contributed by atoms with van der Waals surface area (Å²) in [6, 6.07) is -0.912. The van der Waals surface area contributed by atoms with Gasteiger partial charge in [-0.15, -0.1) is 0 Å². The predicted octanol–water partition coefficient (Wildman–Crippen LogP) is -1.91. The first-order valence-electron chi connectivity index (χ1n) is 3.20. The van der Waals surface area contributed by atoms with E-state index in [1.165, 1.54) is 0 Å². The van der Waals surface area contributed by atoms with Gasteiger partial charge in [0.1, 0.15) is 26.7 Å². The highest BCUT2D eigenvalue weighted by Crippen LogP contribution is 2.18. The van der Waals surface area contributed by atoms with E-state index in [0.29, 0.717) is 0 Å². The molecule has 1 saturated heterocycles. The monoisotopic (exact) mass is 160 g/mol. The molecular weight excluding hydrogens is 151 g/mol. The molecule has 0 bridgehead atoms. The van der Waals surface area contributed by atoms with E-state index in [1.807, 2.05) is 0 Å². The highest BCUT2D eigenvalue weighted by molar-refractivity contribution is 6.11. The van der Waals surface area contributed by atoms with E-state index in [9.17, 15) is 0 Å². The van der Waals surface area contributed by atoms with Crippen LogP contribution in [-0.2, 0) is 9.62 Å². The average Bonchev–Trinajstić information content (AvgIpc) is 2.19. The van der Waals surface area contributed by atoms with Crippen LogP contribution in [0, 0.1) is 0 Å². The topological polar surface area (TPSA) is 79.2 Å². The molecular formula is C5H9BO5. The van der Waals surface area contributed by atoms with Crippen molar-refractivity contribution in [1.29, 1.82) is 0 Å². The molecule has 1 heterocycles. The second-order valence-corrected chi connectivity index (χ2v) is 2.42. The van der Waals surface area contributed by atoms with Crippen LogP contribution in [0.2, 0.25) is 0 Å². The Kier molecular flexibility index (Phi) is 2.86. The molecule has 4 atom stereocenters. The zero-order valence-corrected chi connectivity index (χ0v) is 5.75. The number of aliphatic hydroxyl groups excluding tert-OH is 2. The molecule has 1 aliphatic rings. The Balaban J connectivity index is 2.45. The van der Waals surface area contributed by atoms with Gasteiger partial charge in [0, 0.05) is 6.00 Å². The minimum Gasteiger partial charge on any atom is -0.388 e. The molecule has 0 aliphatic carbocycles. The van der Waals surface area contributed by atoms with Crippen molar-refractivity contribution in [3.8, 4) is 0 Å². The minimum atomic E-state index is -1.12. The van der Waals surface area contributed by atoms with Crippen LogP contribution in [0.15, 0.2) is 0 Å². The van der Waals surface area contributed by atoms with Crippen molar-refractivity contribution in [1.82, 2.24) is 0 Å². The van der Waals surface area contributed by atoms with Crippen LogP contribution in [0.1, 0.15) is 0 Å². The average molecular weight is 160 g/mol. The molecule has 1 rings (SSSR count). The lowest BCUT2D eigenvalue weighted by Gasteiger charge is -2.11. The normalized spacial score (nSPS) is 44.6. The third kappa shape index (κ3) is 1.71. The van der Waals surface area contributed by atoms with Crippen molar-refractivity contribution < 1.29 is 25.1 Å². The molecule has 0 aromatic rings. The second-order valence-electron chi connectivity index (χ2n) is 2.42. The third-order valence-corrected chi connectivity index (χ3v) is 1.64. The molecule has 0 spiro atoms.